The van der Waals surface area contributed by atoms with Crippen molar-refractivity contribution in [3.05, 3.63) is 42.2 Å². The van der Waals surface area contributed by atoms with Crippen LogP contribution in [-0.2, 0) is 16.0 Å². The molecule has 1 aromatic heterocycles. The van der Waals surface area contributed by atoms with Gasteiger partial charge in [-0.3, -0.25) is 14.6 Å². The summed E-state index contributed by atoms with van der Waals surface area (Å²) in [5.74, 6) is -1.17. The summed E-state index contributed by atoms with van der Waals surface area (Å²) in [5.41, 5.74) is 2.21. The highest BCUT2D eigenvalue weighted by Gasteiger charge is 2.12. The van der Waals surface area contributed by atoms with Crippen molar-refractivity contribution >= 4 is 17.6 Å². The van der Waals surface area contributed by atoms with Gasteiger partial charge in [-0.05, 0) is 23.8 Å². The molecule has 1 amide bonds. The highest BCUT2D eigenvalue weighted by atomic mass is 16.4. The Morgan fingerprint density at radius 2 is 2.05 bits per heavy atom. The minimum Gasteiger partial charge on any atom is -0.505 e. The van der Waals surface area contributed by atoms with Crippen molar-refractivity contribution < 1.29 is 19.8 Å². The summed E-state index contributed by atoms with van der Waals surface area (Å²) in [5, 5.41) is 21.7. The lowest BCUT2D eigenvalue weighted by Gasteiger charge is -2.10. The highest BCUT2D eigenvalue weighted by molar-refractivity contribution is 5.89. The molecule has 22 heavy (non-hydrogen) atoms. The monoisotopic (exact) mass is 300 g/mol. The normalized spacial score (nSPS) is 10.2. The Balaban J connectivity index is 2.34. The molecule has 0 saturated heterocycles. The molecule has 6 nitrogen and oxygen atoms in total. The molecule has 1 aromatic carbocycles. The number of aryl methyl sites for hydroxylation is 1. The van der Waals surface area contributed by atoms with Crippen LogP contribution < -0.4 is 5.32 Å². The maximum atomic E-state index is 11.1. The predicted octanol–water partition coefficient (Wildman–Crippen LogP) is 2.43. The summed E-state index contributed by atoms with van der Waals surface area (Å²) in [6.45, 7) is 1.42. The van der Waals surface area contributed by atoms with Gasteiger partial charge in [0, 0.05) is 30.8 Å². The van der Waals surface area contributed by atoms with Crippen LogP contribution in [0, 0.1) is 0 Å². The van der Waals surface area contributed by atoms with Crippen LogP contribution in [0.25, 0.3) is 11.1 Å². The maximum absolute atomic E-state index is 11.1. The standard InChI is InChI=1S/C16H16N2O4/c1-10(19)18-12-4-2-3-11(9-12)13-7-8-17-14(16(13)22)5-6-15(20)21/h2-4,7-9,22H,5-6H2,1H3,(H,18,19)(H,20,21). The highest BCUT2D eigenvalue weighted by Crippen LogP contribution is 2.32. The van der Waals surface area contributed by atoms with E-state index in [1.807, 2.05) is 0 Å². The lowest BCUT2D eigenvalue weighted by Crippen LogP contribution is -2.05. The Labute approximate surface area is 127 Å². The number of nitrogens with zero attached hydrogens (tertiary/aromatic N) is 1. The zero-order valence-corrected chi connectivity index (χ0v) is 12.0. The van der Waals surface area contributed by atoms with Crippen molar-refractivity contribution in [3.8, 4) is 16.9 Å². The summed E-state index contributed by atoms with van der Waals surface area (Å²) in [6, 6.07) is 8.68. The number of aliphatic carboxylic acids is 1. The molecular weight excluding hydrogens is 284 g/mol. The fraction of sp³-hybridized carbons (Fsp3) is 0.188. The lowest BCUT2D eigenvalue weighted by molar-refractivity contribution is -0.137. The third-order valence-electron chi connectivity index (χ3n) is 3.07. The SMILES string of the molecule is CC(=O)Nc1cccc(-c2ccnc(CCC(=O)O)c2O)c1. The molecule has 6 heteroatoms. The molecule has 0 aliphatic carbocycles. The minimum atomic E-state index is -0.945. The Morgan fingerprint density at radius 1 is 1.27 bits per heavy atom. The second-order valence-electron chi connectivity index (χ2n) is 4.81. The molecule has 0 unspecified atom stereocenters. The Hall–Kier alpha value is -2.89. The fourth-order valence-corrected chi connectivity index (χ4v) is 2.11. The Bertz CT molecular complexity index is 713. The summed E-state index contributed by atoms with van der Waals surface area (Å²) in [6.07, 6.45) is 1.58. The first-order valence-electron chi connectivity index (χ1n) is 6.74. The predicted molar refractivity (Wildman–Crippen MR) is 81.6 cm³/mol. The van der Waals surface area contributed by atoms with Crippen LogP contribution in [0.15, 0.2) is 36.5 Å². The number of hydrogen-bond donors (Lipinski definition) is 3. The molecule has 0 atom stereocenters. The lowest BCUT2D eigenvalue weighted by atomic mass is 10.0. The van der Waals surface area contributed by atoms with Crippen molar-refractivity contribution in [1.82, 2.24) is 4.98 Å². The van der Waals surface area contributed by atoms with E-state index in [0.29, 0.717) is 22.5 Å². The van der Waals surface area contributed by atoms with E-state index in [-0.39, 0.29) is 24.5 Å². The van der Waals surface area contributed by atoms with E-state index in [9.17, 15) is 14.7 Å². The molecule has 0 spiro atoms. The smallest absolute Gasteiger partial charge is 0.303 e. The van der Waals surface area contributed by atoms with Gasteiger partial charge in [0.2, 0.25) is 5.91 Å². The number of aromatic hydroxyl groups is 1. The Kier molecular flexibility index (Phi) is 4.73. The van der Waals surface area contributed by atoms with Crippen LogP contribution in [0.2, 0.25) is 0 Å². The number of carboxylic acid groups (broad SMARTS) is 1. The number of pyridine rings is 1. The van der Waals surface area contributed by atoms with E-state index in [1.54, 1.807) is 30.3 Å². The minimum absolute atomic E-state index is 0.0382. The van der Waals surface area contributed by atoms with E-state index >= 15 is 0 Å². The molecule has 1 heterocycles. The molecule has 0 bridgehead atoms. The number of nitrogens with one attached hydrogen (secondary N) is 1. The summed E-state index contributed by atoms with van der Waals surface area (Å²) < 4.78 is 0. The second-order valence-corrected chi connectivity index (χ2v) is 4.81. The summed E-state index contributed by atoms with van der Waals surface area (Å²) in [7, 11) is 0. The molecule has 0 radical (unpaired) electrons. The molecule has 0 aliphatic heterocycles. The molecule has 0 aliphatic rings. The second kappa shape index (κ2) is 6.71. The quantitative estimate of drug-likeness (QED) is 0.787. The summed E-state index contributed by atoms with van der Waals surface area (Å²) >= 11 is 0. The van der Waals surface area contributed by atoms with Gasteiger partial charge in [0.15, 0.2) is 0 Å². The molecule has 114 valence electrons. The van der Waals surface area contributed by atoms with Crippen LogP contribution in [0.3, 0.4) is 0 Å². The van der Waals surface area contributed by atoms with E-state index in [0.717, 1.165) is 0 Å². The summed E-state index contributed by atoms with van der Waals surface area (Å²) in [4.78, 5) is 25.8. The van der Waals surface area contributed by atoms with Crippen molar-refractivity contribution in [2.24, 2.45) is 0 Å². The van der Waals surface area contributed by atoms with Crippen LogP contribution in [0.1, 0.15) is 19.0 Å². The third-order valence-corrected chi connectivity index (χ3v) is 3.07. The van der Waals surface area contributed by atoms with E-state index < -0.39 is 5.97 Å². The third kappa shape index (κ3) is 3.82. The van der Waals surface area contributed by atoms with Crippen LogP contribution >= 0.6 is 0 Å². The van der Waals surface area contributed by atoms with E-state index in [4.69, 9.17) is 5.11 Å². The number of carbonyl (C=O) groups excluding carboxylic acids is 1. The van der Waals surface area contributed by atoms with E-state index in [2.05, 4.69) is 10.3 Å². The zero-order valence-electron chi connectivity index (χ0n) is 12.0. The first-order chi connectivity index (χ1) is 10.5. The van der Waals surface area contributed by atoms with Gasteiger partial charge >= 0.3 is 5.97 Å². The first kappa shape index (κ1) is 15.5. The van der Waals surface area contributed by atoms with Gasteiger partial charge < -0.3 is 15.5 Å². The molecule has 0 fully saturated rings. The number of aromatic nitrogens is 1. The van der Waals surface area contributed by atoms with Crippen molar-refractivity contribution in [2.75, 3.05) is 5.32 Å². The number of anilines is 1. The number of benzene rings is 1. The largest absolute Gasteiger partial charge is 0.505 e. The maximum Gasteiger partial charge on any atom is 0.303 e. The molecule has 2 aromatic rings. The van der Waals surface area contributed by atoms with Gasteiger partial charge in [-0.25, -0.2) is 0 Å². The van der Waals surface area contributed by atoms with Crippen LogP contribution in [0.4, 0.5) is 5.69 Å². The molecular formula is C16H16N2O4. The van der Waals surface area contributed by atoms with Gasteiger partial charge in [0.05, 0.1) is 12.1 Å². The molecule has 3 N–H and O–H groups in total. The average molecular weight is 300 g/mol. The molecule has 0 saturated carbocycles. The van der Waals surface area contributed by atoms with Gasteiger partial charge in [-0.1, -0.05) is 12.1 Å². The van der Waals surface area contributed by atoms with Crippen molar-refractivity contribution in [2.45, 2.75) is 19.8 Å². The zero-order chi connectivity index (χ0) is 16.1. The van der Waals surface area contributed by atoms with Gasteiger partial charge in [-0.15, -0.1) is 0 Å². The van der Waals surface area contributed by atoms with E-state index in [1.165, 1.54) is 13.1 Å². The first-order valence-corrected chi connectivity index (χ1v) is 6.74. The van der Waals surface area contributed by atoms with Gasteiger partial charge in [-0.2, -0.15) is 0 Å². The number of carboxylic acids is 1. The number of amides is 1. The van der Waals surface area contributed by atoms with Crippen LogP contribution in [0.5, 0.6) is 5.75 Å². The average Bonchev–Trinajstić information content (AvgIpc) is 2.45. The van der Waals surface area contributed by atoms with Crippen LogP contribution in [-0.4, -0.2) is 27.1 Å². The van der Waals surface area contributed by atoms with Crippen molar-refractivity contribution in [1.29, 1.82) is 0 Å². The Morgan fingerprint density at radius 3 is 2.73 bits per heavy atom. The topological polar surface area (TPSA) is 99.5 Å². The van der Waals surface area contributed by atoms with Crippen molar-refractivity contribution in [3.63, 3.8) is 0 Å². The van der Waals surface area contributed by atoms with Gasteiger partial charge in [0.1, 0.15) is 5.75 Å². The fourth-order valence-electron chi connectivity index (χ4n) is 2.11. The number of hydrogen-bond acceptors (Lipinski definition) is 4. The number of carbonyl (C=O) groups is 2. The number of rotatable bonds is 5. The van der Waals surface area contributed by atoms with Gasteiger partial charge in [0.25, 0.3) is 0 Å². The molecule has 2 rings (SSSR count).